The van der Waals surface area contributed by atoms with Crippen molar-refractivity contribution in [1.29, 1.82) is 5.26 Å². The minimum atomic E-state index is -4.09. The Kier molecular flexibility index (Phi) is 7.86. The summed E-state index contributed by atoms with van der Waals surface area (Å²) >= 11 is 0. The number of ether oxygens (including phenoxy) is 2. The molecule has 0 heterocycles. The SMILES string of the molecule is COC(=O)c1ccc(NC(=O)/C(C#N)=C/c2ccc(OS(=O)(=O)c3ccccc3)c(OC)c2)cc1. The van der Waals surface area contributed by atoms with Crippen LogP contribution in [0.5, 0.6) is 11.5 Å². The lowest BCUT2D eigenvalue weighted by molar-refractivity contribution is -0.112. The number of benzene rings is 3. The van der Waals surface area contributed by atoms with Crippen LogP contribution < -0.4 is 14.2 Å². The summed E-state index contributed by atoms with van der Waals surface area (Å²) in [4.78, 5) is 24.1. The number of hydrogen-bond acceptors (Lipinski definition) is 8. The lowest BCUT2D eigenvalue weighted by Gasteiger charge is -2.11. The highest BCUT2D eigenvalue weighted by Crippen LogP contribution is 2.31. The smallest absolute Gasteiger partial charge is 0.339 e. The molecule has 0 aliphatic rings. The highest BCUT2D eigenvalue weighted by atomic mass is 32.2. The number of carbonyl (C=O) groups is 2. The van der Waals surface area contributed by atoms with Crippen LogP contribution in [0.2, 0.25) is 0 Å². The molecule has 0 unspecified atom stereocenters. The van der Waals surface area contributed by atoms with Gasteiger partial charge < -0.3 is 19.0 Å². The van der Waals surface area contributed by atoms with Gasteiger partial charge in [-0.3, -0.25) is 4.79 Å². The minimum absolute atomic E-state index is 0.0194. The first kappa shape index (κ1) is 25.0. The van der Waals surface area contributed by atoms with E-state index >= 15 is 0 Å². The zero-order valence-corrected chi connectivity index (χ0v) is 19.5. The molecule has 1 N–H and O–H groups in total. The second kappa shape index (κ2) is 11.0. The molecule has 0 aliphatic carbocycles. The third kappa shape index (κ3) is 6.25. The molecule has 35 heavy (non-hydrogen) atoms. The summed E-state index contributed by atoms with van der Waals surface area (Å²) in [6.45, 7) is 0. The van der Waals surface area contributed by atoms with Crippen LogP contribution in [0.15, 0.2) is 83.3 Å². The monoisotopic (exact) mass is 492 g/mol. The van der Waals surface area contributed by atoms with Gasteiger partial charge in [-0.1, -0.05) is 24.3 Å². The summed E-state index contributed by atoms with van der Waals surface area (Å²) in [7, 11) is -1.49. The molecular formula is C25H20N2O7S. The number of nitrogens with zero attached hydrogens (tertiary/aromatic N) is 1. The molecule has 9 nitrogen and oxygen atoms in total. The fourth-order valence-corrected chi connectivity index (χ4v) is 3.88. The predicted octanol–water partition coefficient (Wildman–Crippen LogP) is 3.80. The number of esters is 1. The van der Waals surface area contributed by atoms with Gasteiger partial charge in [0, 0.05) is 5.69 Å². The standard InChI is InChI=1S/C25H20N2O7S/c1-32-23-15-17(8-13-22(23)34-35(30,31)21-6-4-3-5-7-21)14-19(16-26)24(28)27-20-11-9-18(10-12-20)25(29)33-2/h3-15H,1-2H3,(H,27,28)/b19-14+. The van der Waals surface area contributed by atoms with Crippen molar-refractivity contribution in [3.05, 3.63) is 89.5 Å². The van der Waals surface area contributed by atoms with E-state index in [1.165, 1.54) is 74.9 Å². The molecule has 0 atom stereocenters. The van der Waals surface area contributed by atoms with Gasteiger partial charge >= 0.3 is 16.1 Å². The topological polar surface area (TPSA) is 132 Å². The number of anilines is 1. The maximum absolute atomic E-state index is 12.6. The van der Waals surface area contributed by atoms with Crippen LogP contribution in [-0.4, -0.2) is 34.5 Å². The van der Waals surface area contributed by atoms with E-state index in [2.05, 4.69) is 10.1 Å². The average molecular weight is 493 g/mol. The lowest BCUT2D eigenvalue weighted by atomic mass is 10.1. The van der Waals surface area contributed by atoms with E-state index in [0.29, 0.717) is 16.8 Å². The molecule has 0 saturated carbocycles. The van der Waals surface area contributed by atoms with Gasteiger partial charge in [0.25, 0.3) is 5.91 Å². The van der Waals surface area contributed by atoms with Crippen molar-refractivity contribution in [1.82, 2.24) is 0 Å². The maximum Gasteiger partial charge on any atom is 0.339 e. The highest BCUT2D eigenvalue weighted by molar-refractivity contribution is 7.87. The third-order valence-electron chi connectivity index (χ3n) is 4.66. The van der Waals surface area contributed by atoms with Crippen LogP contribution in [0.25, 0.3) is 6.08 Å². The molecule has 0 saturated heterocycles. The molecule has 0 radical (unpaired) electrons. The van der Waals surface area contributed by atoms with Gasteiger partial charge in [-0.25, -0.2) is 4.79 Å². The molecule has 0 aromatic heterocycles. The molecular weight excluding hydrogens is 472 g/mol. The van der Waals surface area contributed by atoms with Gasteiger partial charge in [-0.15, -0.1) is 0 Å². The van der Waals surface area contributed by atoms with Crippen LogP contribution >= 0.6 is 0 Å². The van der Waals surface area contributed by atoms with E-state index in [-0.39, 0.29) is 22.0 Å². The Morgan fingerprint density at radius 3 is 2.23 bits per heavy atom. The molecule has 10 heteroatoms. The predicted molar refractivity (Wildman–Crippen MR) is 127 cm³/mol. The Hall–Kier alpha value is -4.62. The van der Waals surface area contributed by atoms with Crippen molar-refractivity contribution in [3.8, 4) is 17.6 Å². The molecule has 3 aromatic carbocycles. The number of nitrogens with one attached hydrogen (secondary N) is 1. The zero-order valence-electron chi connectivity index (χ0n) is 18.7. The second-order valence-electron chi connectivity index (χ2n) is 6.95. The summed E-state index contributed by atoms with van der Waals surface area (Å²) in [6, 6.07) is 19.7. The van der Waals surface area contributed by atoms with Crippen molar-refractivity contribution >= 4 is 33.8 Å². The van der Waals surface area contributed by atoms with E-state index in [0.717, 1.165) is 0 Å². The quantitative estimate of drug-likeness (QED) is 0.217. The van der Waals surface area contributed by atoms with Crippen molar-refractivity contribution in [3.63, 3.8) is 0 Å². The summed E-state index contributed by atoms with van der Waals surface area (Å²) in [5.74, 6) is -1.15. The number of carbonyl (C=O) groups excluding carboxylic acids is 2. The van der Waals surface area contributed by atoms with E-state index in [4.69, 9.17) is 8.92 Å². The summed E-state index contributed by atoms with van der Waals surface area (Å²) in [5, 5.41) is 12.0. The number of amides is 1. The van der Waals surface area contributed by atoms with Crippen LogP contribution in [-0.2, 0) is 19.6 Å². The van der Waals surface area contributed by atoms with E-state index in [9.17, 15) is 23.3 Å². The lowest BCUT2D eigenvalue weighted by Crippen LogP contribution is -2.13. The van der Waals surface area contributed by atoms with E-state index in [1.807, 2.05) is 6.07 Å². The highest BCUT2D eigenvalue weighted by Gasteiger charge is 2.19. The number of nitriles is 1. The normalized spacial score (nSPS) is 11.2. The van der Waals surface area contributed by atoms with Crippen molar-refractivity contribution < 1.29 is 31.7 Å². The van der Waals surface area contributed by atoms with Crippen LogP contribution in [0.4, 0.5) is 5.69 Å². The summed E-state index contributed by atoms with van der Waals surface area (Å²) in [6.07, 6.45) is 1.32. The Balaban J connectivity index is 1.80. The maximum atomic E-state index is 12.6. The number of methoxy groups -OCH3 is 2. The number of rotatable bonds is 8. The first-order valence-electron chi connectivity index (χ1n) is 10.1. The van der Waals surface area contributed by atoms with Crippen molar-refractivity contribution in [2.75, 3.05) is 19.5 Å². The van der Waals surface area contributed by atoms with E-state index in [1.54, 1.807) is 18.2 Å². The molecule has 178 valence electrons. The van der Waals surface area contributed by atoms with Crippen LogP contribution in [0, 0.1) is 11.3 Å². The third-order valence-corrected chi connectivity index (χ3v) is 5.91. The first-order valence-corrected chi connectivity index (χ1v) is 11.5. The Labute approximate surface area is 202 Å². The minimum Gasteiger partial charge on any atom is -0.493 e. The van der Waals surface area contributed by atoms with Crippen molar-refractivity contribution in [2.24, 2.45) is 0 Å². The molecule has 0 spiro atoms. The largest absolute Gasteiger partial charge is 0.493 e. The molecule has 3 rings (SSSR count). The van der Waals surface area contributed by atoms with Gasteiger partial charge in [0.15, 0.2) is 11.5 Å². The zero-order chi connectivity index (χ0) is 25.4. The Morgan fingerprint density at radius 2 is 1.63 bits per heavy atom. The van der Waals surface area contributed by atoms with E-state index < -0.39 is 22.0 Å². The molecule has 0 fully saturated rings. The second-order valence-corrected chi connectivity index (χ2v) is 8.50. The molecule has 1 amide bonds. The molecule has 0 bridgehead atoms. The molecule has 0 aliphatic heterocycles. The van der Waals surface area contributed by atoms with Crippen molar-refractivity contribution in [2.45, 2.75) is 4.90 Å². The van der Waals surface area contributed by atoms with Gasteiger partial charge in [0.05, 0.1) is 19.8 Å². The summed E-state index contributed by atoms with van der Waals surface area (Å²) < 4.78 is 40.1. The number of hydrogen-bond donors (Lipinski definition) is 1. The molecule has 3 aromatic rings. The first-order chi connectivity index (χ1) is 16.8. The Morgan fingerprint density at radius 1 is 0.943 bits per heavy atom. The Bertz CT molecular complexity index is 1410. The van der Waals surface area contributed by atoms with Crippen LogP contribution in [0.3, 0.4) is 0 Å². The van der Waals surface area contributed by atoms with Gasteiger partial charge in [0.2, 0.25) is 0 Å². The van der Waals surface area contributed by atoms with Gasteiger partial charge in [0.1, 0.15) is 16.5 Å². The van der Waals surface area contributed by atoms with Crippen LogP contribution in [0.1, 0.15) is 15.9 Å². The van der Waals surface area contributed by atoms with Gasteiger partial charge in [-0.2, -0.15) is 13.7 Å². The fourth-order valence-electron chi connectivity index (χ4n) is 2.92. The fraction of sp³-hybridized carbons (Fsp3) is 0.0800. The summed E-state index contributed by atoms with van der Waals surface area (Å²) in [5.41, 5.74) is 0.871. The average Bonchev–Trinajstić information content (AvgIpc) is 2.88. The van der Waals surface area contributed by atoms with Gasteiger partial charge in [-0.05, 0) is 60.2 Å².